The average Bonchev–Trinajstić information content (AvgIpc) is 2.78. The molecule has 0 aliphatic heterocycles. The van der Waals surface area contributed by atoms with E-state index in [-0.39, 0.29) is 5.82 Å². The largest absolute Gasteiger partial charge is 0.380 e. The van der Waals surface area contributed by atoms with Gasteiger partial charge in [-0.2, -0.15) is 0 Å². The number of benzene rings is 1. The van der Waals surface area contributed by atoms with Crippen molar-refractivity contribution in [3.05, 3.63) is 52.5 Å². The summed E-state index contributed by atoms with van der Waals surface area (Å²) in [7, 11) is 0. The summed E-state index contributed by atoms with van der Waals surface area (Å²) in [5.41, 5.74) is 1.96. The van der Waals surface area contributed by atoms with Crippen molar-refractivity contribution in [3.63, 3.8) is 0 Å². The summed E-state index contributed by atoms with van der Waals surface area (Å²) in [6.07, 6.45) is 4.12. The Morgan fingerprint density at radius 3 is 2.88 bits per heavy atom. The summed E-state index contributed by atoms with van der Waals surface area (Å²) < 4.78 is 16.0. The Balaban J connectivity index is 2.04. The molecule has 0 saturated carbocycles. The summed E-state index contributed by atoms with van der Waals surface area (Å²) in [5, 5.41) is 3.21. The van der Waals surface area contributed by atoms with Crippen LogP contribution in [-0.2, 0) is 13.1 Å². The van der Waals surface area contributed by atoms with Gasteiger partial charge in [0.2, 0.25) is 0 Å². The van der Waals surface area contributed by atoms with Gasteiger partial charge in [0.05, 0.1) is 5.69 Å². The molecule has 0 unspecified atom stereocenters. The van der Waals surface area contributed by atoms with Crippen LogP contribution in [0, 0.1) is 5.82 Å². The minimum atomic E-state index is -0.234. The third-order valence-electron chi connectivity index (χ3n) is 2.59. The molecule has 17 heavy (non-hydrogen) atoms. The molecule has 0 bridgehead atoms. The summed E-state index contributed by atoms with van der Waals surface area (Å²) >= 11 is 3.39. The SMILES string of the molecule is CCn1ccc(CNc2cc(F)ccc2Br)c1. The Morgan fingerprint density at radius 1 is 1.35 bits per heavy atom. The van der Waals surface area contributed by atoms with Crippen LogP contribution in [0.1, 0.15) is 12.5 Å². The number of nitrogens with zero attached hydrogens (tertiary/aromatic N) is 1. The third-order valence-corrected chi connectivity index (χ3v) is 3.28. The van der Waals surface area contributed by atoms with Crippen LogP contribution < -0.4 is 5.32 Å². The van der Waals surface area contributed by atoms with Gasteiger partial charge in [-0.25, -0.2) is 4.39 Å². The van der Waals surface area contributed by atoms with Crippen molar-refractivity contribution < 1.29 is 4.39 Å². The van der Waals surface area contributed by atoms with E-state index in [9.17, 15) is 4.39 Å². The lowest BCUT2D eigenvalue weighted by molar-refractivity contribution is 0.628. The van der Waals surface area contributed by atoms with E-state index in [0.29, 0.717) is 6.54 Å². The van der Waals surface area contributed by atoms with Gasteiger partial charge in [0.25, 0.3) is 0 Å². The van der Waals surface area contributed by atoms with Gasteiger partial charge in [0.1, 0.15) is 5.82 Å². The Morgan fingerprint density at radius 2 is 2.18 bits per heavy atom. The predicted octanol–water partition coefficient (Wildman–Crippen LogP) is 4.02. The van der Waals surface area contributed by atoms with Crippen LogP contribution in [0.25, 0.3) is 0 Å². The maximum Gasteiger partial charge on any atom is 0.125 e. The molecule has 1 aromatic carbocycles. The number of hydrogen-bond donors (Lipinski definition) is 1. The van der Waals surface area contributed by atoms with E-state index in [2.05, 4.69) is 45.0 Å². The standard InChI is InChI=1S/C13H14BrFN2/c1-2-17-6-5-10(9-17)8-16-13-7-11(15)3-4-12(13)14/h3-7,9,16H,2,8H2,1H3. The van der Waals surface area contributed by atoms with Gasteiger partial charge >= 0.3 is 0 Å². The van der Waals surface area contributed by atoms with Gasteiger partial charge in [-0.05, 0) is 52.7 Å². The van der Waals surface area contributed by atoms with Gasteiger partial charge in [0.15, 0.2) is 0 Å². The zero-order chi connectivity index (χ0) is 12.3. The molecular weight excluding hydrogens is 283 g/mol. The van der Waals surface area contributed by atoms with Crippen molar-refractivity contribution in [2.24, 2.45) is 0 Å². The maximum atomic E-state index is 13.1. The first kappa shape index (κ1) is 12.2. The molecule has 0 saturated heterocycles. The van der Waals surface area contributed by atoms with Crippen molar-refractivity contribution in [1.82, 2.24) is 4.57 Å². The lowest BCUT2D eigenvalue weighted by Gasteiger charge is -2.07. The Labute approximate surface area is 109 Å². The highest BCUT2D eigenvalue weighted by Crippen LogP contribution is 2.23. The van der Waals surface area contributed by atoms with E-state index in [4.69, 9.17) is 0 Å². The van der Waals surface area contributed by atoms with Gasteiger partial charge in [0, 0.05) is 30.0 Å². The van der Waals surface area contributed by atoms with Crippen LogP contribution in [0.3, 0.4) is 0 Å². The van der Waals surface area contributed by atoms with Gasteiger partial charge < -0.3 is 9.88 Å². The number of nitrogens with one attached hydrogen (secondary N) is 1. The van der Waals surface area contributed by atoms with Crippen LogP contribution in [0.15, 0.2) is 41.1 Å². The van der Waals surface area contributed by atoms with Crippen LogP contribution >= 0.6 is 15.9 Å². The third kappa shape index (κ3) is 3.09. The number of anilines is 1. The molecule has 4 heteroatoms. The lowest BCUT2D eigenvalue weighted by Crippen LogP contribution is -1.99. The molecule has 2 aromatic rings. The van der Waals surface area contributed by atoms with Crippen molar-refractivity contribution in [3.8, 4) is 0 Å². The van der Waals surface area contributed by atoms with Crippen molar-refractivity contribution in [2.45, 2.75) is 20.0 Å². The van der Waals surface area contributed by atoms with Gasteiger partial charge in [-0.15, -0.1) is 0 Å². The van der Waals surface area contributed by atoms with E-state index >= 15 is 0 Å². The highest BCUT2D eigenvalue weighted by Gasteiger charge is 2.02. The second-order valence-corrected chi connectivity index (χ2v) is 4.68. The molecule has 2 nitrogen and oxygen atoms in total. The molecule has 1 heterocycles. The van der Waals surface area contributed by atoms with Crippen LogP contribution in [0.5, 0.6) is 0 Å². The fourth-order valence-electron chi connectivity index (χ4n) is 1.62. The zero-order valence-electron chi connectivity index (χ0n) is 9.58. The quantitative estimate of drug-likeness (QED) is 0.902. The van der Waals surface area contributed by atoms with Crippen molar-refractivity contribution in [1.29, 1.82) is 0 Å². The molecule has 0 radical (unpaired) electrons. The summed E-state index contributed by atoms with van der Waals surface area (Å²) in [6.45, 7) is 3.75. The lowest BCUT2D eigenvalue weighted by atomic mass is 10.3. The van der Waals surface area contributed by atoms with E-state index < -0.39 is 0 Å². The van der Waals surface area contributed by atoms with E-state index in [0.717, 1.165) is 16.7 Å². The maximum absolute atomic E-state index is 13.1. The molecule has 0 aliphatic rings. The fraction of sp³-hybridized carbons (Fsp3) is 0.231. The predicted molar refractivity (Wildman–Crippen MR) is 71.5 cm³/mol. The first-order chi connectivity index (χ1) is 8.19. The second-order valence-electron chi connectivity index (χ2n) is 3.83. The number of halogens is 2. The highest BCUT2D eigenvalue weighted by molar-refractivity contribution is 9.10. The molecule has 0 spiro atoms. The van der Waals surface area contributed by atoms with E-state index in [1.807, 2.05) is 6.20 Å². The van der Waals surface area contributed by atoms with Crippen LogP contribution in [-0.4, -0.2) is 4.57 Å². The molecule has 0 amide bonds. The summed E-state index contributed by atoms with van der Waals surface area (Å²) in [6, 6.07) is 6.68. The van der Waals surface area contributed by atoms with E-state index in [1.54, 1.807) is 6.07 Å². The molecule has 0 fully saturated rings. The molecule has 1 N–H and O–H groups in total. The summed E-state index contributed by atoms with van der Waals surface area (Å²) in [4.78, 5) is 0. The van der Waals surface area contributed by atoms with Gasteiger partial charge in [-0.1, -0.05) is 0 Å². The molecule has 1 aromatic heterocycles. The molecule has 0 aliphatic carbocycles. The normalized spacial score (nSPS) is 10.5. The molecule has 2 rings (SSSR count). The van der Waals surface area contributed by atoms with Crippen molar-refractivity contribution in [2.75, 3.05) is 5.32 Å². The highest BCUT2D eigenvalue weighted by atomic mass is 79.9. The first-order valence-electron chi connectivity index (χ1n) is 5.52. The first-order valence-corrected chi connectivity index (χ1v) is 6.32. The topological polar surface area (TPSA) is 17.0 Å². The van der Waals surface area contributed by atoms with Crippen LogP contribution in [0.2, 0.25) is 0 Å². The Bertz CT molecular complexity index is 508. The fourth-order valence-corrected chi connectivity index (χ4v) is 2.01. The molecular formula is C13H14BrFN2. The Kier molecular flexibility index (Phi) is 3.84. The van der Waals surface area contributed by atoms with Crippen LogP contribution in [0.4, 0.5) is 10.1 Å². The number of aryl methyl sites for hydroxylation is 1. The number of rotatable bonds is 4. The monoisotopic (exact) mass is 296 g/mol. The average molecular weight is 297 g/mol. The van der Waals surface area contributed by atoms with Crippen molar-refractivity contribution >= 4 is 21.6 Å². The summed E-state index contributed by atoms with van der Waals surface area (Å²) in [5.74, 6) is -0.234. The molecule has 90 valence electrons. The Hall–Kier alpha value is -1.29. The second kappa shape index (κ2) is 5.36. The zero-order valence-corrected chi connectivity index (χ0v) is 11.2. The smallest absolute Gasteiger partial charge is 0.125 e. The van der Waals surface area contributed by atoms with E-state index in [1.165, 1.54) is 17.7 Å². The minimum Gasteiger partial charge on any atom is -0.380 e. The number of aromatic nitrogens is 1. The molecule has 0 atom stereocenters. The number of hydrogen-bond acceptors (Lipinski definition) is 1. The van der Waals surface area contributed by atoms with Gasteiger partial charge in [-0.3, -0.25) is 0 Å². The minimum absolute atomic E-state index is 0.234.